The number of hydrogen-bond donors (Lipinski definition) is 1. The van der Waals surface area contributed by atoms with E-state index in [9.17, 15) is 14.0 Å². The molecule has 1 aromatic rings. The first-order valence-corrected chi connectivity index (χ1v) is 9.26. The number of carbonyl (C=O) groups excluding carboxylic acids is 2. The van der Waals surface area contributed by atoms with Crippen molar-refractivity contribution in [3.63, 3.8) is 0 Å². The number of carbonyl (C=O) groups is 2. The summed E-state index contributed by atoms with van der Waals surface area (Å²) in [5.74, 6) is -0.0933. The lowest BCUT2D eigenvalue weighted by Crippen LogP contribution is -2.53. The molecule has 1 heterocycles. The van der Waals surface area contributed by atoms with Gasteiger partial charge in [0.1, 0.15) is 5.82 Å². The smallest absolute Gasteiger partial charge is 0.317 e. The molecule has 6 nitrogen and oxygen atoms in total. The molecule has 1 aliphatic carbocycles. The third-order valence-corrected chi connectivity index (χ3v) is 4.71. The van der Waals surface area contributed by atoms with Crippen LogP contribution in [0, 0.1) is 11.7 Å². The second-order valence-electron chi connectivity index (χ2n) is 6.94. The van der Waals surface area contributed by atoms with E-state index < -0.39 is 5.82 Å². The molecule has 1 aliphatic heterocycles. The molecule has 0 radical (unpaired) electrons. The molecule has 3 rings (SSSR count). The van der Waals surface area contributed by atoms with Crippen LogP contribution in [0.25, 0.3) is 0 Å². The zero-order chi connectivity index (χ0) is 18.5. The highest BCUT2D eigenvalue weighted by molar-refractivity contribution is 5.94. The Labute approximate surface area is 153 Å². The fourth-order valence-corrected chi connectivity index (χ4v) is 3.18. The molecule has 2 aliphatic rings. The molecule has 142 valence electrons. The molecule has 1 saturated heterocycles. The van der Waals surface area contributed by atoms with Crippen LogP contribution in [0.15, 0.2) is 24.3 Å². The number of nitrogens with one attached hydrogen (secondary N) is 1. The van der Waals surface area contributed by atoms with Crippen LogP contribution in [0.3, 0.4) is 0 Å². The van der Waals surface area contributed by atoms with E-state index in [1.54, 1.807) is 21.9 Å². The Balaban J connectivity index is 1.66. The summed E-state index contributed by atoms with van der Waals surface area (Å²) in [5.41, 5.74) is 0.349. The van der Waals surface area contributed by atoms with Crippen LogP contribution in [-0.4, -0.2) is 67.2 Å². The van der Waals surface area contributed by atoms with E-state index in [0.29, 0.717) is 50.8 Å². The van der Waals surface area contributed by atoms with Gasteiger partial charge in [-0.3, -0.25) is 4.79 Å². The Hall–Kier alpha value is -2.15. The summed E-state index contributed by atoms with van der Waals surface area (Å²) >= 11 is 0. The van der Waals surface area contributed by atoms with Crippen molar-refractivity contribution in [2.75, 3.05) is 39.3 Å². The number of ether oxygens (including phenoxy) is 1. The normalized spacial score (nSPS) is 19.9. The maximum absolute atomic E-state index is 13.5. The highest BCUT2D eigenvalue weighted by Gasteiger charge is 2.31. The van der Waals surface area contributed by atoms with Crippen molar-refractivity contribution in [1.82, 2.24) is 15.1 Å². The Kier molecular flexibility index (Phi) is 6.08. The number of rotatable bonds is 6. The van der Waals surface area contributed by atoms with Crippen molar-refractivity contribution < 1.29 is 18.7 Å². The Morgan fingerprint density at radius 3 is 2.85 bits per heavy atom. The van der Waals surface area contributed by atoms with Crippen LogP contribution in [-0.2, 0) is 4.74 Å². The molecular formula is C19H26FN3O3. The maximum atomic E-state index is 13.5. The van der Waals surface area contributed by atoms with E-state index in [1.165, 1.54) is 12.1 Å². The first kappa shape index (κ1) is 18.6. The fourth-order valence-electron chi connectivity index (χ4n) is 3.18. The molecular weight excluding hydrogens is 337 g/mol. The molecule has 2 fully saturated rings. The molecule has 0 spiro atoms. The molecule has 1 aromatic carbocycles. The van der Waals surface area contributed by atoms with Gasteiger partial charge in [-0.05, 0) is 43.9 Å². The van der Waals surface area contributed by atoms with E-state index in [1.807, 2.05) is 6.92 Å². The first-order chi connectivity index (χ1) is 12.6. The van der Waals surface area contributed by atoms with Crippen molar-refractivity contribution in [2.24, 2.45) is 5.92 Å². The second-order valence-corrected chi connectivity index (χ2v) is 6.94. The van der Waals surface area contributed by atoms with Gasteiger partial charge in [-0.15, -0.1) is 0 Å². The highest BCUT2D eigenvalue weighted by Crippen LogP contribution is 2.30. The number of morpholine rings is 1. The lowest BCUT2D eigenvalue weighted by molar-refractivity contribution is -0.0281. The van der Waals surface area contributed by atoms with Gasteiger partial charge in [-0.1, -0.05) is 6.07 Å². The van der Waals surface area contributed by atoms with E-state index in [2.05, 4.69) is 5.32 Å². The first-order valence-electron chi connectivity index (χ1n) is 9.26. The summed E-state index contributed by atoms with van der Waals surface area (Å²) in [6, 6.07) is 5.67. The minimum atomic E-state index is -0.418. The Bertz CT molecular complexity index is 651. The summed E-state index contributed by atoms with van der Waals surface area (Å²) < 4.78 is 19.3. The molecule has 7 heteroatoms. The number of hydrogen-bond acceptors (Lipinski definition) is 3. The SMILES string of the molecule is CCNC(=O)N1CCO[C@H](CN(CC2CC2)C(=O)c2cccc(F)c2)C1. The second kappa shape index (κ2) is 8.49. The lowest BCUT2D eigenvalue weighted by Gasteiger charge is -2.35. The van der Waals surface area contributed by atoms with Crippen LogP contribution in [0.2, 0.25) is 0 Å². The average molecular weight is 363 g/mol. The standard InChI is InChI=1S/C19H26FN3O3/c1-2-21-19(25)22-8-9-26-17(12-22)13-23(11-14-6-7-14)18(24)15-4-3-5-16(20)10-15/h3-5,10,14,17H,2,6-9,11-13H2,1H3,(H,21,25)/t17-/m0/s1. The van der Waals surface area contributed by atoms with E-state index >= 15 is 0 Å². The largest absolute Gasteiger partial charge is 0.373 e. The monoisotopic (exact) mass is 363 g/mol. The minimum absolute atomic E-state index is 0.106. The predicted octanol–water partition coefficient (Wildman–Crippen LogP) is 2.11. The van der Waals surface area contributed by atoms with Crippen LogP contribution < -0.4 is 5.32 Å². The van der Waals surface area contributed by atoms with E-state index in [0.717, 1.165) is 12.8 Å². The predicted molar refractivity (Wildman–Crippen MR) is 95.4 cm³/mol. The van der Waals surface area contributed by atoms with Crippen molar-refractivity contribution in [2.45, 2.75) is 25.9 Å². The quantitative estimate of drug-likeness (QED) is 0.842. The maximum Gasteiger partial charge on any atom is 0.317 e. The van der Waals surface area contributed by atoms with Crippen molar-refractivity contribution in [3.05, 3.63) is 35.6 Å². The molecule has 1 atom stereocenters. The topological polar surface area (TPSA) is 61.9 Å². The molecule has 1 saturated carbocycles. The van der Waals surface area contributed by atoms with Crippen LogP contribution in [0.1, 0.15) is 30.1 Å². The third-order valence-electron chi connectivity index (χ3n) is 4.71. The summed E-state index contributed by atoms with van der Waals surface area (Å²) in [4.78, 5) is 28.4. The van der Waals surface area contributed by atoms with Crippen molar-refractivity contribution in [1.29, 1.82) is 0 Å². The Morgan fingerprint density at radius 1 is 1.35 bits per heavy atom. The van der Waals surface area contributed by atoms with Gasteiger partial charge in [0.05, 0.1) is 19.3 Å². The van der Waals surface area contributed by atoms with Gasteiger partial charge in [0.25, 0.3) is 5.91 Å². The summed E-state index contributed by atoms with van der Waals surface area (Å²) in [6.45, 7) is 4.95. The average Bonchev–Trinajstić information content (AvgIpc) is 3.45. The summed E-state index contributed by atoms with van der Waals surface area (Å²) in [6.07, 6.45) is 2.00. The molecule has 0 bridgehead atoms. The van der Waals surface area contributed by atoms with Crippen LogP contribution in [0.5, 0.6) is 0 Å². The van der Waals surface area contributed by atoms with Gasteiger partial charge >= 0.3 is 6.03 Å². The van der Waals surface area contributed by atoms with Gasteiger partial charge in [0.2, 0.25) is 0 Å². The van der Waals surface area contributed by atoms with Crippen molar-refractivity contribution in [3.8, 4) is 0 Å². The number of urea groups is 1. The molecule has 3 amide bonds. The molecule has 1 N–H and O–H groups in total. The molecule has 0 unspecified atom stereocenters. The van der Waals surface area contributed by atoms with Gasteiger partial charge in [0, 0.05) is 31.7 Å². The third kappa shape index (κ3) is 4.94. The number of amides is 3. The molecule has 0 aromatic heterocycles. The van der Waals surface area contributed by atoms with Gasteiger partial charge < -0.3 is 19.9 Å². The Morgan fingerprint density at radius 2 is 2.15 bits per heavy atom. The zero-order valence-corrected chi connectivity index (χ0v) is 15.1. The minimum Gasteiger partial charge on any atom is -0.373 e. The zero-order valence-electron chi connectivity index (χ0n) is 15.1. The van der Waals surface area contributed by atoms with E-state index in [-0.39, 0.29) is 18.0 Å². The van der Waals surface area contributed by atoms with Gasteiger partial charge in [-0.2, -0.15) is 0 Å². The highest BCUT2D eigenvalue weighted by atomic mass is 19.1. The number of benzene rings is 1. The number of halogens is 1. The van der Waals surface area contributed by atoms with Crippen molar-refractivity contribution >= 4 is 11.9 Å². The van der Waals surface area contributed by atoms with Crippen LogP contribution >= 0.6 is 0 Å². The number of nitrogens with zero attached hydrogens (tertiary/aromatic N) is 2. The van der Waals surface area contributed by atoms with Crippen LogP contribution in [0.4, 0.5) is 9.18 Å². The summed E-state index contributed by atoms with van der Waals surface area (Å²) in [5, 5.41) is 2.80. The van der Waals surface area contributed by atoms with Gasteiger partial charge in [-0.25, -0.2) is 9.18 Å². The lowest BCUT2D eigenvalue weighted by atomic mass is 10.1. The summed E-state index contributed by atoms with van der Waals surface area (Å²) in [7, 11) is 0. The fraction of sp³-hybridized carbons (Fsp3) is 0.579. The van der Waals surface area contributed by atoms with E-state index in [4.69, 9.17) is 4.74 Å². The molecule has 26 heavy (non-hydrogen) atoms. The van der Waals surface area contributed by atoms with Gasteiger partial charge in [0.15, 0.2) is 0 Å².